The Morgan fingerprint density at radius 2 is 1.20 bits per heavy atom. The van der Waals surface area contributed by atoms with Crippen molar-refractivity contribution in [1.29, 1.82) is 0 Å². The minimum atomic E-state index is -4.23. The maximum atomic E-state index is 12.8. The van der Waals surface area contributed by atoms with Crippen LogP contribution in [0.4, 0.5) is 13.2 Å². The van der Waals surface area contributed by atoms with Gasteiger partial charge in [0.2, 0.25) is 0 Å². The van der Waals surface area contributed by atoms with E-state index in [1.807, 2.05) is 0 Å². The van der Waals surface area contributed by atoms with Gasteiger partial charge in [0.05, 0.1) is 5.56 Å². The van der Waals surface area contributed by atoms with E-state index in [0.29, 0.717) is 5.92 Å². The van der Waals surface area contributed by atoms with Crippen LogP contribution in [0.25, 0.3) is 0 Å². The fourth-order valence-corrected chi connectivity index (χ4v) is 5.82. The van der Waals surface area contributed by atoms with Crippen LogP contribution in [-0.4, -0.2) is 0 Å². The summed E-state index contributed by atoms with van der Waals surface area (Å²) in [5.74, 6) is 4.05. The van der Waals surface area contributed by atoms with Crippen molar-refractivity contribution in [3.05, 3.63) is 35.4 Å². The second kappa shape index (κ2) is 11.0. The summed E-state index contributed by atoms with van der Waals surface area (Å²) < 4.78 is 38.3. The van der Waals surface area contributed by atoms with Crippen LogP contribution in [0.2, 0.25) is 0 Å². The molecule has 30 heavy (non-hydrogen) atoms. The zero-order valence-electron chi connectivity index (χ0n) is 19.0. The molecule has 3 heteroatoms. The molecular weight excluding hydrogens is 381 g/mol. The third-order valence-corrected chi connectivity index (χ3v) is 7.90. The molecule has 0 nitrogen and oxygen atoms in total. The van der Waals surface area contributed by atoms with Crippen molar-refractivity contribution in [3.63, 3.8) is 0 Å². The smallest absolute Gasteiger partial charge is 0.166 e. The Bertz CT molecular complexity index is 600. The molecule has 1 aromatic carbocycles. The van der Waals surface area contributed by atoms with E-state index in [0.717, 1.165) is 42.1 Å². The van der Waals surface area contributed by atoms with E-state index in [1.165, 1.54) is 82.8 Å². The van der Waals surface area contributed by atoms with Crippen molar-refractivity contribution < 1.29 is 13.2 Å². The van der Waals surface area contributed by atoms with E-state index in [-0.39, 0.29) is 0 Å². The first kappa shape index (κ1) is 23.7. The zero-order chi connectivity index (χ0) is 21.6. The van der Waals surface area contributed by atoms with Crippen molar-refractivity contribution in [3.8, 4) is 0 Å². The van der Waals surface area contributed by atoms with E-state index in [4.69, 9.17) is 0 Å². The Hall–Kier alpha value is -0.990. The molecule has 0 atom stereocenters. The van der Waals surface area contributed by atoms with Gasteiger partial charge in [0.25, 0.3) is 0 Å². The summed E-state index contributed by atoms with van der Waals surface area (Å²) in [6.07, 6.45) is 13.3. The first-order valence-corrected chi connectivity index (χ1v) is 12.5. The van der Waals surface area contributed by atoms with Crippen LogP contribution in [0.3, 0.4) is 0 Å². The van der Waals surface area contributed by atoms with Crippen LogP contribution < -0.4 is 0 Å². The molecule has 0 aromatic heterocycles. The predicted molar refractivity (Wildman–Crippen MR) is 120 cm³/mol. The molecule has 2 saturated carbocycles. The molecule has 0 spiro atoms. The summed E-state index contributed by atoms with van der Waals surface area (Å²) in [5, 5.41) is 0. The third-order valence-electron chi connectivity index (χ3n) is 7.90. The largest absolute Gasteiger partial charge is 0.416 e. The van der Waals surface area contributed by atoms with Gasteiger partial charge in [-0.2, -0.15) is 13.2 Å². The average molecular weight is 423 g/mol. The summed E-state index contributed by atoms with van der Waals surface area (Å²) in [7, 11) is 0. The van der Waals surface area contributed by atoms with Crippen LogP contribution >= 0.6 is 0 Å². The molecule has 2 aliphatic carbocycles. The van der Waals surface area contributed by atoms with Gasteiger partial charge >= 0.3 is 6.18 Å². The summed E-state index contributed by atoms with van der Waals surface area (Å²) in [6.45, 7) is 4.65. The fraction of sp³-hybridized carbons (Fsp3) is 0.778. The lowest BCUT2D eigenvalue weighted by atomic mass is 9.74. The number of benzene rings is 1. The normalized spacial score (nSPS) is 28.1. The minimum absolute atomic E-state index is 0.449. The Balaban J connectivity index is 1.32. The second-order valence-corrected chi connectivity index (χ2v) is 10.6. The first-order valence-electron chi connectivity index (χ1n) is 12.5. The molecule has 0 unspecified atom stereocenters. The fourth-order valence-electron chi connectivity index (χ4n) is 5.82. The second-order valence-electron chi connectivity index (χ2n) is 10.6. The number of halogens is 3. The number of alkyl halides is 3. The van der Waals surface area contributed by atoms with Crippen molar-refractivity contribution in [2.24, 2.45) is 23.7 Å². The van der Waals surface area contributed by atoms with Crippen molar-refractivity contribution in [2.45, 2.75) is 109 Å². The Morgan fingerprint density at radius 3 is 1.67 bits per heavy atom. The van der Waals surface area contributed by atoms with E-state index in [2.05, 4.69) is 13.8 Å². The van der Waals surface area contributed by atoms with E-state index in [1.54, 1.807) is 12.1 Å². The molecule has 1 aromatic rings. The van der Waals surface area contributed by atoms with Crippen LogP contribution in [-0.2, 0) is 6.18 Å². The average Bonchev–Trinajstić information content (AvgIpc) is 2.73. The van der Waals surface area contributed by atoms with Gasteiger partial charge in [0, 0.05) is 0 Å². The lowest BCUT2D eigenvalue weighted by molar-refractivity contribution is -0.137. The maximum absolute atomic E-state index is 12.8. The standard InChI is InChI=1S/C27H41F3/c1-20(2)4-3-5-21-6-8-22(9-7-21)10-11-23-12-14-24(15-13-23)25-16-18-26(19-17-25)27(28,29)30/h16-24H,3-15H2,1-2H3. The van der Waals surface area contributed by atoms with Crippen LogP contribution in [0, 0.1) is 23.7 Å². The Kier molecular flexibility index (Phi) is 8.72. The lowest BCUT2D eigenvalue weighted by Crippen LogP contribution is -2.18. The third kappa shape index (κ3) is 7.31. The molecule has 0 radical (unpaired) electrons. The van der Waals surface area contributed by atoms with Gasteiger partial charge in [-0.25, -0.2) is 0 Å². The molecule has 0 saturated heterocycles. The zero-order valence-corrected chi connectivity index (χ0v) is 19.0. The molecule has 0 aliphatic heterocycles. The number of hydrogen-bond donors (Lipinski definition) is 0. The van der Waals surface area contributed by atoms with E-state index < -0.39 is 11.7 Å². The highest BCUT2D eigenvalue weighted by Crippen LogP contribution is 2.41. The highest BCUT2D eigenvalue weighted by atomic mass is 19.4. The summed E-state index contributed by atoms with van der Waals surface area (Å²) in [4.78, 5) is 0. The quantitative estimate of drug-likeness (QED) is 0.391. The molecule has 0 bridgehead atoms. The molecule has 2 aliphatic rings. The van der Waals surface area contributed by atoms with Gasteiger partial charge in [0.15, 0.2) is 0 Å². The number of hydrogen-bond acceptors (Lipinski definition) is 0. The Morgan fingerprint density at radius 1 is 0.733 bits per heavy atom. The van der Waals surface area contributed by atoms with E-state index in [9.17, 15) is 13.2 Å². The SMILES string of the molecule is CC(C)CCCC1CCC(CCC2CCC(c3ccc(C(F)(F)F)cc3)CC2)CC1. The lowest BCUT2D eigenvalue weighted by Gasteiger charge is -2.32. The molecular formula is C27H41F3. The number of rotatable bonds is 8. The van der Waals surface area contributed by atoms with E-state index >= 15 is 0 Å². The van der Waals surface area contributed by atoms with Crippen molar-refractivity contribution in [2.75, 3.05) is 0 Å². The maximum Gasteiger partial charge on any atom is 0.416 e. The monoisotopic (exact) mass is 422 g/mol. The molecule has 3 rings (SSSR count). The molecule has 0 amide bonds. The minimum Gasteiger partial charge on any atom is -0.166 e. The van der Waals surface area contributed by atoms with Gasteiger partial charge in [-0.05, 0) is 73.0 Å². The van der Waals surface area contributed by atoms with Crippen LogP contribution in [0.1, 0.15) is 114 Å². The molecule has 0 N–H and O–H groups in total. The Labute approximate surface area is 182 Å². The van der Waals surface area contributed by atoms with Crippen LogP contribution in [0.5, 0.6) is 0 Å². The molecule has 0 heterocycles. The van der Waals surface area contributed by atoms with Gasteiger partial charge in [0.1, 0.15) is 0 Å². The predicted octanol–water partition coefficient (Wildman–Crippen LogP) is 9.39. The van der Waals surface area contributed by atoms with Crippen molar-refractivity contribution >= 4 is 0 Å². The summed E-state index contributed by atoms with van der Waals surface area (Å²) in [6, 6.07) is 5.90. The summed E-state index contributed by atoms with van der Waals surface area (Å²) in [5.41, 5.74) is 0.562. The van der Waals surface area contributed by atoms with Gasteiger partial charge in [-0.3, -0.25) is 0 Å². The topological polar surface area (TPSA) is 0 Å². The highest BCUT2D eigenvalue weighted by Gasteiger charge is 2.31. The van der Waals surface area contributed by atoms with Gasteiger partial charge in [-0.1, -0.05) is 83.8 Å². The molecule has 170 valence electrons. The molecule has 2 fully saturated rings. The van der Waals surface area contributed by atoms with Gasteiger partial charge in [-0.15, -0.1) is 0 Å². The van der Waals surface area contributed by atoms with Gasteiger partial charge < -0.3 is 0 Å². The van der Waals surface area contributed by atoms with Crippen molar-refractivity contribution in [1.82, 2.24) is 0 Å². The highest BCUT2D eigenvalue weighted by molar-refractivity contribution is 5.27. The first-order chi connectivity index (χ1) is 14.3. The van der Waals surface area contributed by atoms with Crippen LogP contribution in [0.15, 0.2) is 24.3 Å². The summed E-state index contributed by atoms with van der Waals surface area (Å²) >= 11 is 0.